The number of hydrogen-bond acceptors (Lipinski definition) is 3. The van der Waals surface area contributed by atoms with Gasteiger partial charge >= 0.3 is 6.18 Å². The number of nitrogens with zero attached hydrogens (tertiary/aromatic N) is 2. The van der Waals surface area contributed by atoms with E-state index in [4.69, 9.17) is 16.3 Å². The molecule has 0 aliphatic heterocycles. The van der Waals surface area contributed by atoms with Crippen molar-refractivity contribution in [2.45, 2.75) is 25.9 Å². The molecule has 0 radical (unpaired) electrons. The van der Waals surface area contributed by atoms with Gasteiger partial charge in [0.25, 0.3) is 0 Å². The minimum Gasteiger partial charge on any atom is -0.439 e. The molecule has 0 bridgehead atoms. The van der Waals surface area contributed by atoms with E-state index in [1.54, 1.807) is 12.1 Å². The van der Waals surface area contributed by atoms with Crippen LogP contribution < -0.4 is 4.74 Å². The monoisotopic (exact) mass is 316 g/mol. The summed E-state index contributed by atoms with van der Waals surface area (Å²) in [6.07, 6.45) is -4.61. The van der Waals surface area contributed by atoms with Gasteiger partial charge in [0.05, 0.1) is 0 Å². The lowest BCUT2D eigenvalue weighted by Crippen LogP contribution is -2.09. The highest BCUT2D eigenvalue weighted by molar-refractivity contribution is 6.28. The van der Waals surface area contributed by atoms with Crippen molar-refractivity contribution < 1.29 is 17.9 Å². The highest BCUT2D eigenvalue weighted by Gasteiger charge is 2.34. The molecule has 0 fully saturated rings. The summed E-state index contributed by atoms with van der Waals surface area (Å²) in [5.41, 5.74) is -0.277. The number of rotatable bonds is 3. The Morgan fingerprint density at radius 3 is 2.43 bits per heavy atom. The Hall–Kier alpha value is -1.82. The van der Waals surface area contributed by atoms with Crippen LogP contribution in [-0.2, 0) is 6.18 Å². The predicted molar refractivity (Wildman–Crippen MR) is 72.6 cm³/mol. The minimum atomic E-state index is -4.61. The molecule has 0 atom stereocenters. The number of para-hydroxylation sites is 1. The molecule has 0 saturated carbocycles. The normalized spacial score (nSPS) is 11.8. The number of halogens is 4. The van der Waals surface area contributed by atoms with Crippen molar-refractivity contribution in [2.24, 2.45) is 0 Å². The van der Waals surface area contributed by atoms with Crippen molar-refractivity contribution in [3.63, 3.8) is 0 Å². The molecule has 0 aliphatic carbocycles. The molecule has 0 N–H and O–H groups in total. The summed E-state index contributed by atoms with van der Waals surface area (Å²) in [5.74, 6) is 0.353. The molecule has 0 spiro atoms. The first-order valence-electron chi connectivity index (χ1n) is 6.16. The van der Waals surface area contributed by atoms with Crippen LogP contribution in [0.5, 0.6) is 11.6 Å². The smallest absolute Gasteiger partial charge is 0.433 e. The van der Waals surface area contributed by atoms with E-state index in [1.165, 1.54) is 0 Å². The summed E-state index contributed by atoms with van der Waals surface area (Å²) in [5, 5.41) is -0.512. The number of ether oxygens (including phenoxy) is 1. The van der Waals surface area contributed by atoms with Gasteiger partial charge in [0.1, 0.15) is 5.75 Å². The summed E-state index contributed by atoms with van der Waals surface area (Å²) in [4.78, 5) is 6.83. The highest BCUT2D eigenvalue weighted by Crippen LogP contribution is 2.33. The second-order valence-electron chi connectivity index (χ2n) is 4.65. The molecule has 0 aliphatic rings. The predicted octanol–water partition coefficient (Wildman–Crippen LogP) is 5.06. The molecule has 1 aromatic carbocycles. The molecule has 7 heteroatoms. The average Bonchev–Trinajstić information content (AvgIpc) is 2.37. The van der Waals surface area contributed by atoms with Crippen LogP contribution in [0, 0.1) is 0 Å². The fraction of sp³-hybridized carbons (Fsp3) is 0.286. The maximum absolute atomic E-state index is 12.7. The van der Waals surface area contributed by atoms with E-state index in [9.17, 15) is 13.2 Å². The molecule has 0 amide bonds. The molecule has 3 nitrogen and oxygen atoms in total. The minimum absolute atomic E-state index is 0.153. The summed E-state index contributed by atoms with van der Waals surface area (Å²) >= 11 is 5.52. The van der Waals surface area contributed by atoms with Crippen LogP contribution in [0.2, 0.25) is 5.28 Å². The molecule has 0 saturated heterocycles. The second-order valence-corrected chi connectivity index (χ2v) is 4.99. The van der Waals surface area contributed by atoms with E-state index in [-0.39, 0.29) is 11.8 Å². The maximum atomic E-state index is 12.7. The number of aromatic nitrogens is 2. The average molecular weight is 317 g/mol. The van der Waals surface area contributed by atoms with Crippen LogP contribution in [0.4, 0.5) is 13.2 Å². The topological polar surface area (TPSA) is 35.0 Å². The fourth-order valence-corrected chi connectivity index (χ4v) is 1.93. The summed E-state index contributed by atoms with van der Waals surface area (Å²) < 4.78 is 43.5. The second kappa shape index (κ2) is 5.89. The Labute approximate surface area is 124 Å². The van der Waals surface area contributed by atoms with Crippen LogP contribution in [0.3, 0.4) is 0 Å². The number of benzene rings is 1. The SMILES string of the molecule is CC(C)c1ccccc1Oc1cc(C(F)(F)F)nc(Cl)n1. The van der Waals surface area contributed by atoms with Crippen molar-refractivity contribution in [2.75, 3.05) is 0 Å². The van der Waals surface area contributed by atoms with Gasteiger partial charge in [0.2, 0.25) is 11.2 Å². The highest BCUT2D eigenvalue weighted by atomic mass is 35.5. The molecular weight excluding hydrogens is 305 g/mol. The van der Waals surface area contributed by atoms with Crippen molar-refractivity contribution in [1.29, 1.82) is 0 Å². The van der Waals surface area contributed by atoms with Crippen molar-refractivity contribution in [3.8, 4) is 11.6 Å². The molecule has 0 unspecified atom stereocenters. The molecule has 2 rings (SSSR count). The number of alkyl halides is 3. The van der Waals surface area contributed by atoms with Crippen LogP contribution >= 0.6 is 11.6 Å². The summed E-state index contributed by atoms with van der Waals surface area (Å²) in [6.45, 7) is 3.91. The molecule has 1 heterocycles. The lowest BCUT2D eigenvalue weighted by atomic mass is 10.0. The summed E-state index contributed by atoms with van der Waals surface area (Å²) in [6, 6.07) is 7.79. The first kappa shape index (κ1) is 15.6. The van der Waals surface area contributed by atoms with Gasteiger partial charge in [-0.15, -0.1) is 0 Å². The third-order valence-electron chi connectivity index (χ3n) is 2.72. The van der Waals surface area contributed by atoms with Gasteiger partial charge in [0.15, 0.2) is 5.69 Å². The van der Waals surface area contributed by atoms with E-state index in [0.717, 1.165) is 11.6 Å². The lowest BCUT2D eigenvalue weighted by molar-refractivity contribution is -0.141. The van der Waals surface area contributed by atoms with E-state index in [1.807, 2.05) is 26.0 Å². The standard InChI is InChI=1S/C14H12ClF3N2O/c1-8(2)9-5-3-4-6-10(9)21-12-7-11(14(16,17)18)19-13(15)20-12/h3-8H,1-2H3. The van der Waals surface area contributed by atoms with Crippen LogP contribution in [0.25, 0.3) is 0 Å². The molecule has 2 aromatic rings. The Kier molecular flexibility index (Phi) is 4.37. The van der Waals surface area contributed by atoms with Gasteiger partial charge in [-0.3, -0.25) is 0 Å². The first-order valence-corrected chi connectivity index (χ1v) is 6.53. The van der Waals surface area contributed by atoms with Gasteiger partial charge in [0, 0.05) is 6.07 Å². The van der Waals surface area contributed by atoms with Crippen LogP contribution in [0.15, 0.2) is 30.3 Å². The number of hydrogen-bond donors (Lipinski definition) is 0. The van der Waals surface area contributed by atoms with Crippen LogP contribution in [-0.4, -0.2) is 9.97 Å². The third kappa shape index (κ3) is 3.85. The zero-order valence-corrected chi connectivity index (χ0v) is 12.0. The molecule has 1 aromatic heterocycles. The van der Waals surface area contributed by atoms with Gasteiger partial charge in [-0.05, 0) is 29.1 Å². The Bertz CT molecular complexity index is 644. The first-order chi connectivity index (χ1) is 9.77. The Balaban J connectivity index is 2.39. The molecule has 21 heavy (non-hydrogen) atoms. The Morgan fingerprint density at radius 2 is 1.81 bits per heavy atom. The van der Waals surface area contributed by atoms with E-state index >= 15 is 0 Å². The zero-order valence-electron chi connectivity index (χ0n) is 11.3. The lowest BCUT2D eigenvalue weighted by Gasteiger charge is -2.14. The van der Waals surface area contributed by atoms with Gasteiger partial charge < -0.3 is 4.74 Å². The van der Waals surface area contributed by atoms with Crippen molar-refractivity contribution >= 4 is 11.6 Å². The maximum Gasteiger partial charge on any atom is 0.433 e. The largest absolute Gasteiger partial charge is 0.439 e. The van der Waals surface area contributed by atoms with Crippen LogP contribution in [0.1, 0.15) is 31.0 Å². The molecule has 112 valence electrons. The van der Waals surface area contributed by atoms with Crippen molar-refractivity contribution in [3.05, 3.63) is 46.9 Å². The van der Waals surface area contributed by atoms with Crippen molar-refractivity contribution in [1.82, 2.24) is 9.97 Å². The van der Waals surface area contributed by atoms with E-state index in [2.05, 4.69) is 9.97 Å². The van der Waals surface area contributed by atoms with E-state index < -0.39 is 17.2 Å². The zero-order chi connectivity index (χ0) is 15.6. The third-order valence-corrected chi connectivity index (χ3v) is 2.89. The van der Waals surface area contributed by atoms with Gasteiger partial charge in [-0.25, -0.2) is 4.98 Å². The van der Waals surface area contributed by atoms with Gasteiger partial charge in [-0.2, -0.15) is 18.2 Å². The quantitative estimate of drug-likeness (QED) is 0.742. The molecular formula is C14H12ClF3N2O. The summed E-state index contributed by atoms with van der Waals surface area (Å²) in [7, 11) is 0. The van der Waals surface area contributed by atoms with Gasteiger partial charge in [-0.1, -0.05) is 32.0 Å². The Morgan fingerprint density at radius 1 is 1.14 bits per heavy atom. The van der Waals surface area contributed by atoms with E-state index in [0.29, 0.717) is 5.75 Å². The fourth-order valence-electron chi connectivity index (χ4n) is 1.76.